The molecule has 0 bridgehead atoms. The second kappa shape index (κ2) is 5.67. The molecule has 1 aromatic carbocycles. The van der Waals surface area contributed by atoms with Gasteiger partial charge < -0.3 is 16.0 Å². The summed E-state index contributed by atoms with van der Waals surface area (Å²) in [6.07, 6.45) is 5.27. The van der Waals surface area contributed by atoms with E-state index in [1.54, 1.807) is 18.3 Å². The lowest BCUT2D eigenvalue weighted by Crippen LogP contribution is -2.23. The zero-order valence-electron chi connectivity index (χ0n) is 9.76. The highest BCUT2D eigenvalue weighted by Crippen LogP contribution is 2.00. The minimum atomic E-state index is -0.0932. The smallest absolute Gasteiger partial charge is 0.251 e. The monoisotopic (exact) mass is 242 g/mol. The van der Waals surface area contributed by atoms with Crippen molar-refractivity contribution in [3.05, 3.63) is 53.9 Å². The largest absolute Gasteiger partial charge is 0.369 e. The number of benzene rings is 1. The summed E-state index contributed by atoms with van der Waals surface area (Å²) in [5, 5.41) is 2.78. The van der Waals surface area contributed by atoms with Crippen LogP contribution in [-0.4, -0.2) is 22.4 Å². The van der Waals surface area contributed by atoms with E-state index in [-0.39, 0.29) is 5.91 Å². The lowest BCUT2D eigenvalue weighted by atomic mass is 10.2. The van der Waals surface area contributed by atoms with Crippen LogP contribution in [0.15, 0.2) is 42.6 Å². The average Bonchev–Trinajstić information content (AvgIpc) is 2.81. The fourth-order valence-electron chi connectivity index (χ4n) is 1.47. The number of nitrogens with two attached hydrogens (primary N) is 1. The molecule has 2 aromatic rings. The second-order valence-electron chi connectivity index (χ2n) is 3.70. The van der Waals surface area contributed by atoms with Crippen molar-refractivity contribution >= 4 is 17.9 Å². The number of hydrogen-bond donors (Lipinski definition) is 3. The molecule has 0 atom stereocenters. The van der Waals surface area contributed by atoms with Crippen molar-refractivity contribution in [2.24, 2.45) is 0 Å². The molecule has 0 aliphatic carbocycles. The van der Waals surface area contributed by atoms with Gasteiger partial charge in [0.2, 0.25) is 0 Å². The molecular weight excluding hydrogens is 228 g/mol. The fraction of sp³-hybridized carbons (Fsp3) is 0.0769. The van der Waals surface area contributed by atoms with Gasteiger partial charge in [0.1, 0.15) is 0 Å². The number of carbonyl (C=O) groups excluding carboxylic acids is 1. The number of nitrogen functional groups attached to an aromatic ring is 1. The number of aromatic nitrogens is 2. The van der Waals surface area contributed by atoms with Crippen molar-refractivity contribution in [2.45, 2.75) is 0 Å². The second-order valence-corrected chi connectivity index (χ2v) is 3.70. The van der Waals surface area contributed by atoms with E-state index in [9.17, 15) is 4.79 Å². The van der Waals surface area contributed by atoms with E-state index < -0.39 is 0 Å². The summed E-state index contributed by atoms with van der Waals surface area (Å²) in [6.45, 7) is 0.451. The molecule has 0 radical (unpaired) electrons. The van der Waals surface area contributed by atoms with Crippen LogP contribution in [0.4, 0.5) is 5.95 Å². The Kier molecular flexibility index (Phi) is 3.76. The zero-order valence-corrected chi connectivity index (χ0v) is 9.76. The van der Waals surface area contributed by atoms with Gasteiger partial charge in [-0.1, -0.05) is 24.3 Å². The standard InChI is InChI=1S/C13H14N4O/c14-13-16-9-11(17-13)7-4-8-15-12(18)10-5-2-1-3-6-10/h1-7,9H,8H2,(H,15,18)(H3,14,16,17)/b7-4+. The summed E-state index contributed by atoms with van der Waals surface area (Å²) >= 11 is 0. The predicted octanol–water partition coefficient (Wildman–Crippen LogP) is 1.44. The first kappa shape index (κ1) is 11.9. The Morgan fingerprint density at radius 2 is 2.17 bits per heavy atom. The van der Waals surface area contributed by atoms with Crippen molar-refractivity contribution in [3.63, 3.8) is 0 Å². The van der Waals surface area contributed by atoms with Crippen molar-refractivity contribution in [2.75, 3.05) is 12.3 Å². The number of imidazole rings is 1. The lowest BCUT2D eigenvalue weighted by molar-refractivity contribution is 0.0958. The molecule has 1 aromatic heterocycles. The number of nitrogens with one attached hydrogen (secondary N) is 2. The van der Waals surface area contributed by atoms with Crippen LogP contribution in [0.1, 0.15) is 16.1 Å². The normalized spacial score (nSPS) is 10.7. The first-order valence-electron chi connectivity index (χ1n) is 5.56. The minimum Gasteiger partial charge on any atom is -0.369 e. The highest BCUT2D eigenvalue weighted by molar-refractivity contribution is 5.94. The van der Waals surface area contributed by atoms with E-state index in [1.165, 1.54) is 0 Å². The van der Waals surface area contributed by atoms with Crippen LogP contribution in [0.2, 0.25) is 0 Å². The van der Waals surface area contributed by atoms with Crippen molar-refractivity contribution in [3.8, 4) is 0 Å². The summed E-state index contributed by atoms with van der Waals surface area (Å²) in [5.41, 5.74) is 6.89. The molecule has 0 saturated heterocycles. The first-order valence-corrected chi connectivity index (χ1v) is 5.56. The van der Waals surface area contributed by atoms with Crippen LogP contribution >= 0.6 is 0 Å². The van der Waals surface area contributed by atoms with Gasteiger partial charge in [0.25, 0.3) is 5.91 Å². The molecule has 0 spiro atoms. The summed E-state index contributed by atoms with van der Waals surface area (Å²) in [4.78, 5) is 18.4. The first-order chi connectivity index (χ1) is 8.75. The summed E-state index contributed by atoms with van der Waals surface area (Å²) in [7, 11) is 0. The molecule has 5 heteroatoms. The zero-order chi connectivity index (χ0) is 12.8. The number of anilines is 1. The molecule has 0 aliphatic rings. The van der Waals surface area contributed by atoms with Gasteiger partial charge in [-0.25, -0.2) is 4.98 Å². The van der Waals surface area contributed by atoms with E-state index in [1.807, 2.05) is 30.4 Å². The lowest BCUT2D eigenvalue weighted by Gasteiger charge is -2.01. The topological polar surface area (TPSA) is 83.8 Å². The fourth-order valence-corrected chi connectivity index (χ4v) is 1.47. The SMILES string of the molecule is Nc1ncc(/C=C/CNC(=O)c2ccccc2)[nH]1. The number of aromatic amines is 1. The third-order valence-electron chi connectivity index (χ3n) is 2.33. The molecule has 5 nitrogen and oxygen atoms in total. The Balaban J connectivity index is 1.82. The average molecular weight is 242 g/mol. The van der Waals surface area contributed by atoms with Crippen LogP contribution in [0.5, 0.6) is 0 Å². The van der Waals surface area contributed by atoms with E-state index in [4.69, 9.17) is 5.73 Å². The molecule has 92 valence electrons. The van der Waals surface area contributed by atoms with E-state index in [2.05, 4.69) is 15.3 Å². The van der Waals surface area contributed by atoms with Crippen LogP contribution in [0.25, 0.3) is 6.08 Å². The quantitative estimate of drug-likeness (QED) is 0.758. The van der Waals surface area contributed by atoms with Crippen LogP contribution in [0.3, 0.4) is 0 Å². The maximum Gasteiger partial charge on any atom is 0.251 e. The van der Waals surface area contributed by atoms with Crippen LogP contribution in [-0.2, 0) is 0 Å². The number of amides is 1. The Morgan fingerprint density at radius 3 is 2.83 bits per heavy atom. The third kappa shape index (κ3) is 3.21. The van der Waals surface area contributed by atoms with Gasteiger partial charge in [-0.2, -0.15) is 0 Å². The number of H-pyrrole nitrogens is 1. The van der Waals surface area contributed by atoms with Gasteiger partial charge in [0.15, 0.2) is 5.95 Å². The molecule has 0 fully saturated rings. The van der Waals surface area contributed by atoms with Gasteiger partial charge in [-0.05, 0) is 18.2 Å². The van der Waals surface area contributed by atoms with Crippen molar-refractivity contribution in [1.29, 1.82) is 0 Å². The van der Waals surface area contributed by atoms with Crippen LogP contribution < -0.4 is 11.1 Å². The Labute approximate surface area is 105 Å². The predicted molar refractivity (Wildman–Crippen MR) is 70.8 cm³/mol. The van der Waals surface area contributed by atoms with E-state index >= 15 is 0 Å². The Bertz CT molecular complexity index is 545. The van der Waals surface area contributed by atoms with Gasteiger partial charge in [-0.3, -0.25) is 4.79 Å². The van der Waals surface area contributed by atoms with Crippen LogP contribution in [0, 0.1) is 0 Å². The third-order valence-corrected chi connectivity index (χ3v) is 2.33. The maximum atomic E-state index is 11.7. The van der Waals surface area contributed by atoms with Gasteiger partial charge >= 0.3 is 0 Å². The Morgan fingerprint density at radius 1 is 1.39 bits per heavy atom. The van der Waals surface area contributed by atoms with Gasteiger partial charge in [0.05, 0.1) is 11.9 Å². The highest BCUT2D eigenvalue weighted by Gasteiger charge is 2.01. The molecule has 2 rings (SSSR count). The molecule has 1 amide bonds. The molecule has 4 N–H and O–H groups in total. The Hall–Kier alpha value is -2.56. The highest BCUT2D eigenvalue weighted by atomic mass is 16.1. The number of carbonyl (C=O) groups is 1. The van der Waals surface area contributed by atoms with E-state index in [0.717, 1.165) is 5.69 Å². The van der Waals surface area contributed by atoms with Crippen molar-refractivity contribution in [1.82, 2.24) is 15.3 Å². The maximum absolute atomic E-state index is 11.7. The molecule has 0 unspecified atom stereocenters. The van der Waals surface area contributed by atoms with Gasteiger partial charge in [0, 0.05) is 12.1 Å². The van der Waals surface area contributed by atoms with E-state index in [0.29, 0.717) is 18.1 Å². The summed E-state index contributed by atoms with van der Waals surface area (Å²) in [6, 6.07) is 9.08. The number of hydrogen-bond acceptors (Lipinski definition) is 3. The minimum absolute atomic E-state index is 0.0932. The molecule has 0 saturated carbocycles. The number of nitrogens with zero attached hydrogens (tertiary/aromatic N) is 1. The molecular formula is C13H14N4O. The number of rotatable bonds is 4. The molecule has 0 aliphatic heterocycles. The van der Waals surface area contributed by atoms with Crippen molar-refractivity contribution < 1.29 is 4.79 Å². The molecule has 18 heavy (non-hydrogen) atoms. The summed E-state index contributed by atoms with van der Waals surface area (Å²) in [5.74, 6) is 0.285. The summed E-state index contributed by atoms with van der Waals surface area (Å²) < 4.78 is 0. The van der Waals surface area contributed by atoms with Gasteiger partial charge in [-0.15, -0.1) is 0 Å². The molecule has 1 heterocycles.